The number of imidazole rings is 1. The lowest BCUT2D eigenvalue weighted by atomic mass is 10.0. The van der Waals surface area contributed by atoms with E-state index in [2.05, 4.69) is 42.1 Å². The van der Waals surface area contributed by atoms with Crippen LogP contribution in [0.15, 0.2) is 60.0 Å². The summed E-state index contributed by atoms with van der Waals surface area (Å²) in [4.78, 5) is 10.4. The van der Waals surface area contributed by atoms with Crippen LogP contribution in [0, 0.1) is 0 Å². The average Bonchev–Trinajstić information content (AvgIpc) is 3.34. The fourth-order valence-electron chi connectivity index (χ4n) is 3.37. The second kappa shape index (κ2) is 7.89. The van der Waals surface area contributed by atoms with Crippen LogP contribution in [0.25, 0.3) is 11.3 Å². The van der Waals surface area contributed by atoms with E-state index in [1.165, 1.54) is 0 Å². The molecule has 1 N–H and O–H groups in total. The molecule has 0 amide bonds. The van der Waals surface area contributed by atoms with Crippen LogP contribution >= 0.6 is 0 Å². The smallest absolute Gasteiger partial charge is 0.123 e. The van der Waals surface area contributed by atoms with Gasteiger partial charge in [0.25, 0.3) is 0 Å². The summed E-state index contributed by atoms with van der Waals surface area (Å²) in [5.74, 6) is 1.82. The number of hydrogen-bond donors (Lipinski definition) is 1. The van der Waals surface area contributed by atoms with E-state index >= 15 is 0 Å². The number of H-pyrrole nitrogens is 1. The zero-order chi connectivity index (χ0) is 18.7. The third-order valence-corrected chi connectivity index (χ3v) is 5.16. The molecule has 3 atom stereocenters. The zero-order valence-corrected chi connectivity index (χ0v) is 16.1. The van der Waals surface area contributed by atoms with Crippen LogP contribution in [0.2, 0.25) is 0 Å². The van der Waals surface area contributed by atoms with Gasteiger partial charge in [0, 0.05) is 24.4 Å². The van der Waals surface area contributed by atoms with Gasteiger partial charge in [-0.25, -0.2) is 4.98 Å². The number of benzene rings is 1. The van der Waals surface area contributed by atoms with E-state index in [9.17, 15) is 0 Å². The minimum absolute atomic E-state index is 0.0175. The highest BCUT2D eigenvalue weighted by Gasteiger charge is 2.32. The highest BCUT2D eigenvalue weighted by molar-refractivity contribution is 5.58. The lowest BCUT2D eigenvalue weighted by molar-refractivity contribution is 0.120. The first-order valence-corrected chi connectivity index (χ1v) is 8.88. The van der Waals surface area contributed by atoms with Crippen LogP contribution in [-0.4, -0.2) is 48.3 Å². The fraction of sp³-hybridized carbons (Fsp3) is 0.381. The number of ether oxygens (including phenoxy) is 2. The monoisotopic (exact) mass is 353 g/mol. The molecule has 0 saturated heterocycles. The quantitative estimate of drug-likeness (QED) is 0.819. The number of aromatic amines is 1. The lowest BCUT2D eigenvalue weighted by Crippen LogP contribution is -2.37. The number of methoxy groups -OCH3 is 2. The van der Waals surface area contributed by atoms with Crippen molar-refractivity contribution < 1.29 is 9.47 Å². The van der Waals surface area contributed by atoms with Gasteiger partial charge in [0.1, 0.15) is 11.6 Å². The van der Waals surface area contributed by atoms with Gasteiger partial charge in [-0.3, -0.25) is 4.90 Å². The lowest BCUT2D eigenvalue weighted by Gasteiger charge is -2.32. The van der Waals surface area contributed by atoms with Gasteiger partial charge in [0.05, 0.1) is 31.0 Å². The molecule has 26 heavy (non-hydrogen) atoms. The SMILES string of the molecule is COC1=C([C@H](C)OC)C(N(C)[C@@H](C)c2nc(-c3ccccc3)c[nH]2)C=C1. The van der Waals surface area contributed by atoms with Crippen LogP contribution < -0.4 is 0 Å². The number of rotatable bonds is 7. The van der Waals surface area contributed by atoms with E-state index in [4.69, 9.17) is 14.5 Å². The molecule has 0 radical (unpaired) electrons. The maximum Gasteiger partial charge on any atom is 0.123 e. The largest absolute Gasteiger partial charge is 0.497 e. The molecule has 1 heterocycles. The first-order chi connectivity index (χ1) is 12.6. The summed E-state index contributed by atoms with van der Waals surface area (Å²) in [6, 6.07) is 10.4. The van der Waals surface area contributed by atoms with Crippen molar-refractivity contribution in [3.63, 3.8) is 0 Å². The average molecular weight is 353 g/mol. The number of aromatic nitrogens is 2. The highest BCUT2D eigenvalue weighted by Crippen LogP contribution is 2.32. The Labute approximate surface area is 155 Å². The van der Waals surface area contributed by atoms with Gasteiger partial charge >= 0.3 is 0 Å². The molecule has 5 heteroatoms. The molecule has 1 aliphatic rings. The molecule has 3 rings (SSSR count). The van der Waals surface area contributed by atoms with Gasteiger partial charge in [-0.1, -0.05) is 36.4 Å². The summed E-state index contributed by atoms with van der Waals surface area (Å²) in [7, 11) is 5.53. The van der Waals surface area contributed by atoms with Crippen molar-refractivity contribution in [3.8, 4) is 11.3 Å². The molecule has 1 aromatic carbocycles. The minimum atomic E-state index is -0.0175. The predicted octanol–water partition coefficient (Wildman–Crippen LogP) is 3.94. The first kappa shape index (κ1) is 18.4. The first-order valence-electron chi connectivity index (χ1n) is 8.88. The van der Waals surface area contributed by atoms with Gasteiger partial charge in [0.2, 0.25) is 0 Å². The van der Waals surface area contributed by atoms with Gasteiger partial charge in [-0.15, -0.1) is 0 Å². The Kier molecular flexibility index (Phi) is 5.59. The number of nitrogens with one attached hydrogen (secondary N) is 1. The van der Waals surface area contributed by atoms with E-state index in [0.29, 0.717) is 0 Å². The van der Waals surface area contributed by atoms with Gasteiger partial charge in [-0.05, 0) is 27.0 Å². The summed E-state index contributed by atoms with van der Waals surface area (Å²) in [5, 5.41) is 0. The zero-order valence-electron chi connectivity index (χ0n) is 16.1. The summed E-state index contributed by atoms with van der Waals surface area (Å²) < 4.78 is 11.1. The second-order valence-electron chi connectivity index (χ2n) is 6.58. The molecule has 0 bridgehead atoms. The molecule has 0 saturated carbocycles. The van der Waals surface area contributed by atoms with Gasteiger partial charge in [-0.2, -0.15) is 0 Å². The van der Waals surface area contributed by atoms with E-state index in [0.717, 1.165) is 28.4 Å². The Morgan fingerprint density at radius 3 is 2.54 bits per heavy atom. The molecule has 0 aliphatic heterocycles. The van der Waals surface area contributed by atoms with E-state index in [1.807, 2.05) is 37.4 Å². The topological polar surface area (TPSA) is 50.4 Å². The van der Waals surface area contributed by atoms with Crippen molar-refractivity contribution in [2.24, 2.45) is 0 Å². The number of allylic oxidation sites excluding steroid dienone is 1. The Morgan fingerprint density at radius 1 is 1.15 bits per heavy atom. The summed E-state index contributed by atoms with van der Waals surface area (Å²) in [5.41, 5.74) is 3.21. The molecular weight excluding hydrogens is 326 g/mol. The van der Waals surface area contributed by atoms with Crippen LogP contribution in [0.4, 0.5) is 0 Å². The van der Waals surface area contributed by atoms with Crippen LogP contribution in [0.5, 0.6) is 0 Å². The minimum Gasteiger partial charge on any atom is -0.497 e. The third-order valence-electron chi connectivity index (χ3n) is 5.16. The molecule has 1 unspecified atom stereocenters. The van der Waals surface area contributed by atoms with E-state index < -0.39 is 0 Å². The fourth-order valence-corrected chi connectivity index (χ4v) is 3.37. The molecule has 0 spiro atoms. The maximum atomic E-state index is 5.57. The molecule has 138 valence electrons. The Hall–Kier alpha value is -2.37. The van der Waals surface area contributed by atoms with Crippen molar-refractivity contribution in [2.45, 2.75) is 32.0 Å². The molecule has 1 aromatic heterocycles. The van der Waals surface area contributed by atoms with Crippen LogP contribution in [0.3, 0.4) is 0 Å². The molecule has 2 aromatic rings. The highest BCUT2D eigenvalue weighted by atomic mass is 16.5. The predicted molar refractivity (Wildman–Crippen MR) is 104 cm³/mol. The van der Waals surface area contributed by atoms with Crippen molar-refractivity contribution in [1.29, 1.82) is 0 Å². The van der Waals surface area contributed by atoms with Crippen molar-refractivity contribution in [1.82, 2.24) is 14.9 Å². The van der Waals surface area contributed by atoms with Crippen molar-refractivity contribution in [2.75, 3.05) is 21.3 Å². The number of likely N-dealkylation sites (N-methyl/N-ethyl adjacent to an activating group) is 1. The molecule has 5 nitrogen and oxygen atoms in total. The van der Waals surface area contributed by atoms with Gasteiger partial charge < -0.3 is 14.5 Å². The summed E-state index contributed by atoms with van der Waals surface area (Å²) in [6.45, 7) is 4.20. The van der Waals surface area contributed by atoms with Crippen molar-refractivity contribution in [3.05, 3.63) is 65.8 Å². The van der Waals surface area contributed by atoms with Gasteiger partial charge in [0.15, 0.2) is 0 Å². The van der Waals surface area contributed by atoms with Crippen LogP contribution in [-0.2, 0) is 9.47 Å². The second-order valence-corrected chi connectivity index (χ2v) is 6.58. The van der Waals surface area contributed by atoms with Crippen LogP contribution in [0.1, 0.15) is 25.7 Å². The number of nitrogens with zero attached hydrogens (tertiary/aromatic N) is 2. The summed E-state index contributed by atoms with van der Waals surface area (Å²) >= 11 is 0. The standard InChI is InChI=1S/C21H27N3O2/c1-14(21-22-13-17(23-21)16-9-7-6-8-10-16)24(3)18-11-12-19(26-5)20(18)15(2)25-4/h6-15,18H,1-5H3,(H,22,23)/t14-,15-,18?/m0/s1. The Balaban J connectivity index is 1.82. The number of hydrogen-bond acceptors (Lipinski definition) is 4. The normalized spacial score (nSPS) is 19.2. The van der Waals surface area contributed by atoms with Crippen molar-refractivity contribution >= 4 is 0 Å². The Bertz CT molecular complexity index is 795. The maximum absolute atomic E-state index is 5.57. The molecule has 1 aliphatic carbocycles. The summed E-state index contributed by atoms with van der Waals surface area (Å²) in [6.07, 6.45) is 6.13. The molecule has 0 fully saturated rings. The third kappa shape index (κ3) is 3.45. The van der Waals surface area contributed by atoms with E-state index in [-0.39, 0.29) is 18.2 Å². The molecular formula is C21H27N3O2. The van der Waals surface area contributed by atoms with E-state index in [1.54, 1.807) is 14.2 Å². The Morgan fingerprint density at radius 2 is 1.88 bits per heavy atom.